The maximum absolute atomic E-state index is 12.2. The molecule has 2 N–H and O–H groups in total. The molecule has 0 amide bonds. The van der Waals surface area contributed by atoms with Crippen LogP contribution in [0.3, 0.4) is 0 Å². The molecular formula is C19H40IN3O3S. The predicted octanol–water partition coefficient (Wildman–Crippen LogP) is 3.36. The molecule has 0 saturated heterocycles. The van der Waals surface area contributed by atoms with Crippen LogP contribution >= 0.6 is 24.0 Å². The molecule has 1 saturated carbocycles. The molecule has 0 aliphatic heterocycles. The molecule has 0 heterocycles. The molecule has 0 aromatic rings. The summed E-state index contributed by atoms with van der Waals surface area (Å²) >= 11 is 0. The molecule has 0 radical (unpaired) electrons. The summed E-state index contributed by atoms with van der Waals surface area (Å²) in [6.07, 6.45) is 5.95. The highest BCUT2D eigenvalue weighted by Crippen LogP contribution is 2.41. The minimum absolute atomic E-state index is 0. The van der Waals surface area contributed by atoms with E-state index in [1.165, 1.54) is 25.7 Å². The van der Waals surface area contributed by atoms with Gasteiger partial charge in [-0.1, -0.05) is 12.8 Å². The summed E-state index contributed by atoms with van der Waals surface area (Å²) in [5, 5.41) is 6.41. The molecule has 1 rings (SSSR count). The van der Waals surface area contributed by atoms with E-state index in [-0.39, 0.29) is 35.1 Å². The van der Waals surface area contributed by atoms with Gasteiger partial charge in [-0.25, -0.2) is 8.42 Å². The summed E-state index contributed by atoms with van der Waals surface area (Å²) in [6.45, 7) is 12.7. The van der Waals surface area contributed by atoms with E-state index in [1.807, 2.05) is 13.8 Å². The van der Waals surface area contributed by atoms with Crippen LogP contribution in [0.2, 0.25) is 0 Å². The Morgan fingerprint density at radius 3 is 2.30 bits per heavy atom. The molecule has 0 spiro atoms. The molecule has 0 unspecified atom stereocenters. The normalized spacial score (nSPS) is 17.4. The highest BCUT2D eigenvalue weighted by atomic mass is 127. The first-order valence-corrected chi connectivity index (χ1v) is 11.6. The van der Waals surface area contributed by atoms with Crippen molar-refractivity contribution in [2.75, 3.05) is 38.6 Å². The van der Waals surface area contributed by atoms with Gasteiger partial charge in [0, 0.05) is 32.8 Å². The van der Waals surface area contributed by atoms with Crippen LogP contribution < -0.4 is 10.6 Å². The molecule has 0 atom stereocenters. The molecule has 6 nitrogen and oxygen atoms in total. The summed E-state index contributed by atoms with van der Waals surface area (Å²) < 4.78 is 29.3. The molecule has 162 valence electrons. The summed E-state index contributed by atoms with van der Waals surface area (Å²) in [7, 11) is -3.13. The Bertz CT molecular complexity index is 539. The first-order valence-electron chi connectivity index (χ1n) is 9.98. The number of hydrogen-bond acceptors (Lipinski definition) is 4. The van der Waals surface area contributed by atoms with Crippen LogP contribution in [0.1, 0.15) is 66.7 Å². The highest BCUT2D eigenvalue weighted by Gasteiger charge is 2.33. The van der Waals surface area contributed by atoms with Crippen LogP contribution in [0.4, 0.5) is 0 Å². The van der Waals surface area contributed by atoms with E-state index in [4.69, 9.17) is 9.73 Å². The number of sulfone groups is 1. The van der Waals surface area contributed by atoms with Gasteiger partial charge in [0.1, 0.15) is 0 Å². The molecule has 1 aliphatic carbocycles. The summed E-state index contributed by atoms with van der Waals surface area (Å²) in [5.41, 5.74) is 0.231. The van der Waals surface area contributed by atoms with Gasteiger partial charge in [0.25, 0.3) is 0 Å². The second kappa shape index (κ2) is 12.5. The number of hydrogen-bond donors (Lipinski definition) is 2. The van der Waals surface area contributed by atoms with Gasteiger partial charge in [-0.2, -0.15) is 0 Å². The molecule has 0 aromatic carbocycles. The molecule has 0 aromatic heterocycles. The van der Waals surface area contributed by atoms with Gasteiger partial charge < -0.3 is 15.4 Å². The van der Waals surface area contributed by atoms with Crippen molar-refractivity contribution in [3.8, 4) is 0 Å². The molecule has 1 aliphatic rings. The maximum atomic E-state index is 12.2. The van der Waals surface area contributed by atoms with Gasteiger partial charge in [-0.05, 0) is 59.3 Å². The molecular weight excluding hydrogens is 477 g/mol. The van der Waals surface area contributed by atoms with E-state index in [1.54, 1.807) is 20.8 Å². The Morgan fingerprint density at radius 2 is 1.78 bits per heavy atom. The largest absolute Gasteiger partial charge is 0.382 e. The maximum Gasteiger partial charge on any atom is 0.191 e. The van der Waals surface area contributed by atoms with Crippen LogP contribution in [0.5, 0.6) is 0 Å². The Kier molecular flexibility index (Phi) is 12.4. The second-order valence-electron chi connectivity index (χ2n) is 8.21. The van der Waals surface area contributed by atoms with E-state index in [0.29, 0.717) is 12.5 Å². The fraction of sp³-hybridized carbons (Fsp3) is 0.947. The quantitative estimate of drug-likeness (QED) is 0.201. The van der Waals surface area contributed by atoms with Crippen LogP contribution in [0.15, 0.2) is 4.99 Å². The Balaban J connectivity index is 0.00000676. The topological polar surface area (TPSA) is 79.8 Å². The summed E-state index contributed by atoms with van der Waals surface area (Å²) in [5.74, 6) is 0.815. The van der Waals surface area contributed by atoms with Crippen molar-refractivity contribution in [2.24, 2.45) is 10.4 Å². The minimum Gasteiger partial charge on any atom is -0.382 e. The number of nitrogens with zero attached hydrogens (tertiary/aromatic N) is 1. The predicted molar refractivity (Wildman–Crippen MR) is 125 cm³/mol. The van der Waals surface area contributed by atoms with Crippen LogP contribution in [-0.4, -0.2) is 57.7 Å². The zero-order chi connectivity index (χ0) is 19.7. The lowest BCUT2D eigenvalue weighted by Gasteiger charge is -2.27. The standard InChI is InChI=1S/C19H39N3O3S.HI/c1-6-20-17(21-13-15-26(23,24)18(3,4)5)22-16-19(10-8-9-11-19)12-14-25-7-2;/h6-16H2,1-5H3,(H2,20,21,22);1H. The highest BCUT2D eigenvalue weighted by molar-refractivity contribution is 14.0. The van der Waals surface area contributed by atoms with E-state index in [0.717, 1.165) is 32.7 Å². The van der Waals surface area contributed by atoms with Crippen molar-refractivity contribution in [1.82, 2.24) is 10.6 Å². The summed E-state index contributed by atoms with van der Waals surface area (Å²) in [4.78, 5) is 4.77. The van der Waals surface area contributed by atoms with Gasteiger partial charge >= 0.3 is 0 Å². The average molecular weight is 518 g/mol. The van der Waals surface area contributed by atoms with Gasteiger partial charge in [0.15, 0.2) is 15.8 Å². The minimum atomic E-state index is -3.13. The third-order valence-corrected chi connectivity index (χ3v) is 7.77. The zero-order valence-corrected chi connectivity index (χ0v) is 20.9. The SMILES string of the molecule is CCNC(=NCC1(CCOCC)CCCC1)NCCS(=O)(=O)C(C)(C)C.I. The fourth-order valence-electron chi connectivity index (χ4n) is 3.24. The van der Waals surface area contributed by atoms with Gasteiger partial charge in [0.2, 0.25) is 0 Å². The third-order valence-electron chi connectivity index (χ3n) is 5.16. The lowest BCUT2D eigenvalue weighted by molar-refractivity contribution is 0.107. The number of aliphatic imine (C=N–C) groups is 1. The van der Waals surface area contributed by atoms with Crippen molar-refractivity contribution in [3.63, 3.8) is 0 Å². The van der Waals surface area contributed by atoms with Crippen LogP contribution in [0.25, 0.3) is 0 Å². The lowest BCUT2D eigenvalue weighted by atomic mass is 9.83. The smallest absolute Gasteiger partial charge is 0.191 e. The number of ether oxygens (including phenoxy) is 1. The van der Waals surface area contributed by atoms with Crippen LogP contribution in [0, 0.1) is 5.41 Å². The van der Waals surface area contributed by atoms with Crippen molar-refractivity contribution in [1.29, 1.82) is 0 Å². The van der Waals surface area contributed by atoms with E-state index < -0.39 is 14.6 Å². The van der Waals surface area contributed by atoms with E-state index in [9.17, 15) is 8.42 Å². The van der Waals surface area contributed by atoms with E-state index in [2.05, 4.69) is 10.6 Å². The third kappa shape index (κ3) is 9.30. The second-order valence-corrected chi connectivity index (χ2v) is 11.1. The Labute approximate surface area is 183 Å². The molecule has 1 fully saturated rings. The van der Waals surface area contributed by atoms with Gasteiger partial charge in [-0.3, -0.25) is 4.99 Å². The zero-order valence-electron chi connectivity index (χ0n) is 17.8. The number of nitrogens with one attached hydrogen (secondary N) is 2. The van der Waals surface area contributed by atoms with E-state index >= 15 is 0 Å². The Morgan fingerprint density at radius 1 is 1.15 bits per heavy atom. The first-order chi connectivity index (χ1) is 12.2. The monoisotopic (exact) mass is 517 g/mol. The number of halogens is 1. The van der Waals surface area contributed by atoms with Gasteiger partial charge in [0.05, 0.1) is 10.5 Å². The molecule has 27 heavy (non-hydrogen) atoms. The summed E-state index contributed by atoms with van der Waals surface area (Å²) in [6, 6.07) is 0. The van der Waals surface area contributed by atoms with Crippen molar-refractivity contribution in [2.45, 2.75) is 71.5 Å². The van der Waals surface area contributed by atoms with Gasteiger partial charge in [-0.15, -0.1) is 24.0 Å². The number of rotatable bonds is 10. The molecule has 8 heteroatoms. The Hall–Kier alpha value is -0.0900. The van der Waals surface area contributed by atoms with Crippen LogP contribution in [-0.2, 0) is 14.6 Å². The lowest BCUT2D eigenvalue weighted by Crippen LogP contribution is -2.42. The first kappa shape index (κ1) is 26.9. The van der Waals surface area contributed by atoms with Crippen molar-refractivity contribution >= 4 is 39.8 Å². The average Bonchev–Trinajstić information content (AvgIpc) is 3.01. The van der Waals surface area contributed by atoms with Crippen molar-refractivity contribution in [3.05, 3.63) is 0 Å². The fourth-order valence-corrected chi connectivity index (χ4v) is 4.23. The van der Waals surface area contributed by atoms with Crippen molar-refractivity contribution < 1.29 is 13.2 Å². The number of guanidine groups is 1. The molecule has 0 bridgehead atoms.